The van der Waals surface area contributed by atoms with E-state index in [1.54, 1.807) is 0 Å². The highest BCUT2D eigenvalue weighted by molar-refractivity contribution is 5.77. The Morgan fingerprint density at radius 3 is 1.08 bits per heavy atom. The average molecular weight is 509 g/mol. The van der Waals surface area contributed by atoms with Gasteiger partial charge in [0.15, 0.2) is 0 Å². The van der Waals surface area contributed by atoms with Crippen LogP contribution in [0.5, 0.6) is 0 Å². The van der Waals surface area contributed by atoms with E-state index in [-0.39, 0.29) is 11.8 Å². The van der Waals surface area contributed by atoms with E-state index in [4.69, 9.17) is 0 Å². The number of nitrogens with zero attached hydrogens (tertiary/aromatic N) is 2. The molecule has 0 radical (unpaired) electrons. The largest absolute Gasteiger partial charge is 0.341 e. The van der Waals surface area contributed by atoms with Crippen molar-refractivity contribution in [3.8, 4) is 0 Å². The summed E-state index contributed by atoms with van der Waals surface area (Å²) in [6.07, 6.45) is 20.6. The number of carbonyl (C=O) groups excluding carboxylic acids is 2. The Bertz CT molecular complexity index is 472. The number of hydrogen-bond donors (Lipinski definition) is 0. The molecule has 36 heavy (non-hydrogen) atoms. The van der Waals surface area contributed by atoms with Crippen molar-refractivity contribution in [2.24, 2.45) is 11.8 Å². The van der Waals surface area contributed by atoms with E-state index in [1.165, 1.54) is 64.2 Å². The van der Waals surface area contributed by atoms with Gasteiger partial charge in [-0.1, -0.05) is 119 Å². The summed E-state index contributed by atoms with van der Waals surface area (Å²) < 4.78 is 0. The molecule has 0 spiro atoms. The van der Waals surface area contributed by atoms with Gasteiger partial charge in [-0.3, -0.25) is 9.59 Å². The van der Waals surface area contributed by atoms with Gasteiger partial charge in [0, 0.05) is 39.0 Å². The summed E-state index contributed by atoms with van der Waals surface area (Å²) in [5, 5.41) is 0. The fourth-order valence-corrected chi connectivity index (χ4v) is 4.57. The van der Waals surface area contributed by atoms with Crippen LogP contribution in [0.15, 0.2) is 0 Å². The summed E-state index contributed by atoms with van der Waals surface area (Å²) >= 11 is 0. The van der Waals surface area contributed by atoms with Gasteiger partial charge in [-0.25, -0.2) is 0 Å². The first kappa shape index (κ1) is 34.9. The lowest BCUT2D eigenvalue weighted by Gasteiger charge is -2.29. The van der Waals surface area contributed by atoms with E-state index in [2.05, 4.69) is 51.3 Å². The van der Waals surface area contributed by atoms with Gasteiger partial charge < -0.3 is 9.80 Å². The van der Waals surface area contributed by atoms with Crippen LogP contribution in [-0.4, -0.2) is 47.8 Å². The lowest BCUT2D eigenvalue weighted by Crippen LogP contribution is -2.42. The second-order valence-corrected chi connectivity index (χ2v) is 11.9. The van der Waals surface area contributed by atoms with Crippen molar-refractivity contribution < 1.29 is 9.59 Å². The Labute approximate surface area is 226 Å². The first-order valence-electron chi connectivity index (χ1n) is 15.9. The second kappa shape index (κ2) is 24.3. The van der Waals surface area contributed by atoms with Crippen LogP contribution < -0.4 is 0 Å². The summed E-state index contributed by atoms with van der Waals surface area (Å²) in [4.78, 5) is 30.3. The molecule has 0 N–H and O–H groups in total. The van der Waals surface area contributed by atoms with Crippen molar-refractivity contribution in [2.75, 3.05) is 26.2 Å². The summed E-state index contributed by atoms with van der Waals surface area (Å²) in [5.74, 6) is 1.73. The predicted octanol–water partition coefficient (Wildman–Crippen LogP) is 9.02. The van der Waals surface area contributed by atoms with Crippen molar-refractivity contribution in [3.63, 3.8) is 0 Å². The van der Waals surface area contributed by atoms with E-state index in [0.717, 1.165) is 51.6 Å². The molecule has 4 nitrogen and oxygen atoms in total. The number of unbranched alkanes of at least 4 members (excludes halogenated alkanes) is 12. The molecule has 0 aliphatic heterocycles. The fraction of sp³-hybridized carbons (Fsp3) is 0.938. The van der Waals surface area contributed by atoms with Crippen LogP contribution in [0.3, 0.4) is 0 Å². The van der Waals surface area contributed by atoms with Crippen LogP contribution in [-0.2, 0) is 9.59 Å². The maximum Gasteiger partial charge on any atom is 0.222 e. The first-order valence-corrected chi connectivity index (χ1v) is 15.9. The number of hydrogen-bond acceptors (Lipinski definition) is 2. The topological polar surface area (TPSA) is 40.6 Å². The maximum absolute atomic E-state index is 13.1. The SMILES string of the molecule is CCCCCCCCCC(=O)N(CCC(C)C)CCN(CCC(C)C)C(=O)CCCCCCCCC. The zero-order valence-corrected chi connectivity index (χ0v) is 25.4. The minimum absolute atomic E-state index is 0.285. The van der Waals surface area contributed by atoms with Gasteiger partial charge >= 0.3 is 0 Å². The molecule has 0 heterocycles. The quantitative estimate of drug-likeness (QED) is 0.115. The highest BCUT2D eigenvalue weighted by Gasteiger charge is 2.18. The Morgan fingerprint density at radius 2 is 0.778 bits per heavy atom. The van der Waals surface area contributed by atoms with E-state index in [1.807, 2.05) is 0 Å². The van der Waals surface area contributed by atoms with Crippen LogP contribution in [0.2, 0.25) is 0 Å². The Morgan fingerprint density at radius 1 is 0.472 bits per heavy atom. The van der Waals surface area contributed by atoms with Crippen LogP contribution in [0, 0.1) is 11.8 Å². The molecule has 0 aliphatic carbocycles. The highest BCUT2D eigenvalue weighted by atomic mass is 16.2. The molecule has 0 unspecified atom stereocenters. The van der Waals surface area contributed by atoms with Gasteiger partial charge in [-0.15, -0.1) is 0 Å². The van der Waals surface area contributed by atoms with Gasteiger partial charge in [-0.05, 0) is 37.5 Å². The third-order valence-corrected chi connectivity index (χ3v) is 7.29. The number of carbonyl (C=O) groups is 2. The van der Waals surface area contributed by atoms with Crippen molar-refractivity contribution in [3.05, 3.63) is 0 Å². The minimum Gasteiger partial charge on any atom is -0.341 e. The van der Waals surface area contributed by atoms with Crippen molar-refractivity contribution in [1.29, 1.82) is 0 Å². The summed E-state index contributed by atoms with van der Waals surface area (Å²) in [7, 11) is 0. The molecular formula is C32H64N2O2. The zero-order valence-electron chi connectivity index (χ0n) is 25.4. The number of amides is 2. The third-order valence-electron chi connectivity index (χ3n) is 7.29. The molecule has 0 bridgehead atoms. The smallest absolute Gasteiger partial charge is 0.222 e. The van der Waals surface area contributed by atoms with Gasteiger partial charge in [0.05, 0.1) is 0 Å². The Kier molecular flexibility index (Phi) is 23.6. The molecule has 0 saturated carbocycles. The molecular weight excluding hydrogens is 444 g/mol. The van der Waals surface area contributed by atoms with Crippen LogP contribution in [0.1, 0.15) is 157 Å². The van der Waals surface area contributed by atoms with Gasteiger partial charge in [0.1, 0.15) is 0 Å². The van der Waals surface area contributed by atoms with Gasteiger partial charge in [0.25, 0.3) is 0 Å². The highest BCUT2D eigenvalue weighted by Crippen LogP contribution is 2.13. The number of rotatable bonds is 25. The summed E-state index contributed by atoms with van der Waals surface area (Å²) in [6.45, 7) is 16.4. The molecule has 0 saturated heterocycles. The standard InChI is InChI=1S/C32H64N2O2/c1-7-9-11-13-15-17-19-21-31(35)33(25-23-29(3)4)27-28-34(26-24-30(5)6)32(36)22-20-18-16-14-12-10-8-2/h29-30H,7-28H2,1-6H3. The Balaban J connectivity index is 4.70. The monoisotopic (exact) mass is 508 g/mol. The van der Waals surface area contributed by atoms with Gasteiger partial charge in [0.2, 0.25) is 11.8 Å². The molecule has 0 aromatic carbocycles. The third kappa shape index (κ3) is 21.1. The van der Waals surface area contributed by atoms with E-state index >= 15 is 0 Å². The van der Waals surface area contributed by atoms with Gasteiger partial charge in [-0.2, -0.15) is 0 Å². The average Bonchev–Trinajstić information content (AvgIpc) is 2.84. The van der Waals surface area contributed by atoms with E-state index < -0.39 is 0 Å². The molecule has 0 fully saturated rings. The summed E-state index contributed by atoms with van der Waals surface area (Å²) in [6, 6.07) is 0. The molecule has 0 rings (SSSR count). The molecule has 214 valence electrons. The normalized spacial score (nSPS) is 11.4. The van der Waals surface area contributed by atoms with E-state index in [9.17, 15) is 9.59 Å². The first-order chi connectivity index (χ1) is 17.3. The minimum atomic E-state index is 0.285. The lowest BCUT2D eigenvalue weighted by molar-refractivity contribution is -0.135. The fourth-order valence-electron chi connectivity index (χ4n) is 4.57. The molecule has 0 aromatic rings. The van der Waals surface area contributed by atoms with Crippen LogP contribution in [0.4, 0.5) is 0 Å². The Hall–Kier alpha value is -1.06. The maximum atomic E-state index is 13.1. The van der Waals surface area contributed by atoms with Crippen LogP contribution in [0.25, 0.3) is 0 Å². The van der Waals surface area contributed by atoms with Crippen molar-refractivity contribution in [1.82, 2.24) is 9.80 Å². The van der Waals surface area contributed by atoms with Crippen LogP contribution >= 0.6 is 0 Å². The molecule has 0 aromatic heterocycles. The lowest BCUT2D eigenvalue weighted by atomic mass is 10.1. The molecule has 0 atom stereocenters. The van der Waals surface area contributed by atoms with E-state index in [0.29, 0.717) is 37.8 Å². The summed E-state index contributed by atoms with van der Waals surface area (Å²) in [5.41, 5.74) is 0. The predicted molar refractivity (Wildman–Crippen MR) is 157 cm³/mol. The zero-order chi connectivity index (χ0) is 27.0. The van der Waals surface area contributed by atoms with Crippen molar-refractivity contribution in [2.45, 2.75) is 157 Å². The van der Waals surface area contributed by atoms with Crippen molar-refractivity contribution >= 4 is 11.8 Å². The molecule has 4 heteroatoms. The molecule has 2 amide bonds. The second-order valence-electron chi connectivity index (χ2n) is 11.9. The molecule has 0 aliphatic rings.